The summed E-state index contributed by atoms with van der Waals surface area (Å²) in [5.41, 5.74) is 0.297. The molecule has 0 aromatic heterocycles. The van der Waals surface area contributed by atoms with Crippen LogP contribution >= 0.6 is 0 Å². The summed E-state index contributed by atoms with van der Waals surface area (Å²) in [6.07, 6.45) is -1.91. The van der Waals surface area contributed by atoms with Crippen LogP contribution in [0.2, 0.25) is 0 Å². The molecule has 0 bridgehead atoms. The van der Waals surface area contributed by atoms with E-state index >= 15 is 0 Å². The van der Waals surface area contributed by atoms with Gasteiger partial charge in [-0.3, -0.25) is 9.59 Å². The quantitative estimate of drug-likeness (QED) is 0.658. The summed E-state index contributed by atoms with van der Waals surface area (Å²) in [5.74, 6) is -0.640. The Morgan fingerprint density at radius 2 is 1.75 bits per heavy atom. The summed E-state index contributed by atoms with van der Waals surface area (Å²) in [4.78, 5) is 23.1. The number of nitrogens with one attached hydrogen (secondary N) is 1. The molecule has 0 unspecified atom stereocenters. The van der Waals surface area contributed by atoms with Crippen LogP contribution in [0, 0.1) is 0 Å². The van der Waals surface area contributed by atoms with E-state index in [0.29, 0.717) is 11.3 Å². The Labute approximate surface area is 136 Å². The van der Waals surface area contributed by atoms with Gasteiger partial charge in [-0.2, -0.15) is 13.2 Å². The first kappa shape index (κ1) is 17.5. The Morgan fingerprint density at radius 3 is 2.42 bits per heavy atom. The number of rotatable bonds is 4. The Kier molecular flexibility index (Phi) is 5.18. The number of halogens is 3. The van der Waals surface area contributed by atoms with E-state index in [1.807, 2.05) is 0 Å². The van der Waals surface area contributed by atoms with Gasteiger partial charge in [-0.1, -0.05) is 30.3 Å². The van der Waals surface area contributed by atoms with Crippen LogP contribution in [0.4, 0.5) is 18.9 Å². The van der Waals surface area contributed by atoms with Gasteiger partial charge in [-0.05, 0) is 35.9 Å². The van der Waals surface area contributed by atoms with Crippen LogP contribution in [0.15, 0.2) is 54.6 Å². The maximum atomic E-state index is 12.7. The summed E-state index contributed by atoms with van der Waals surface area (Å²) < 4.78 is 38.0. The third-order valence-corrected chi connectivity index (χ3v) is 3.11. The predicted molar refractivity (Wildman–Crippen MR) is 85.6 cm³/mol. The second-order valence-corrected chi connectivity index (χ2v) is 5.08. The number of alkyl halides is 3. The molecule has 1 N–H and O–H groups in total. The summed E-state index contributed by atoms with van der Waals surface area (Å²) in [6.45, 7) is 1.35. The van der Waals surface area contributed by atoms with Gasteiger partial charge in [0.05, 0.1) is 5.56 Å². The molecule has 0 atom stereocenters. The summed E-state index contributed by atoms with van der Waals surface area (Å²) >= 11 is 0. The summed E-state index contributed by atoms with van der Waals surface area (Å²) in [5, 5.41) is 2.56. The molecule has 0 saturated heterocycles. The monoisotopic (exact) mass is 333 g/mol. The molecular formula is C18H14F3NO2. The molecule has 0 heterocycles. The SMILES string of the molecule is CC(=O)Nc1cccc(C(=O)/C=C\c2cccc(C(F)(F)F)c2)c1. The van der Waals surface area contributed by atoms with Crippen molar-refractivity contribution >= 4 is 23.5 Å². The zero-order valence-electron chi connectivity index (χ0n) is 12.7. The van der Waals surface area contributed by atoms with Crippen molar-refractivity contribution in [3.05, 3.63) is 71.3 Å². The predicted octanol–water partition coefficient (Wildman–Crippen LogP) is 4.56. The maximum absolute atomic E-state index is 12.7. The van der Waals surface area contributed by atoms with Crippen molar-refractivity contribution in [2.75, 3.05) is 5.32 Å². The number of carbonyl (C=O) groups excluding carboxylic acids is 2. The van der Waals surface area contributed by atoms with E-state index in [0.717, 1.165) is 12.1 Å². The van der Waals surface area contributed by atoms with Crippen molar-refractivity contribution in [3.8, 4) is 0 Å². The molecule has 0 fully saturated rings. The number of ketones is 1. The standard InChI is InChI=1S/C18H14F3NO2/c1-12(23)22-16-7-3-5-14(11-16)17(24)9-8-13-4-2-6-15(10-13)18(19,20)21/h2-11H,1H3,(H,22,23)/b9-8-. The highest BCUT2D eigenvalue weighted by atomic mass is 19.4. The molecule has 0 saturated carbocycles. The Morgan fingerprint density at radius 1 is 1.04 bits per heavy atom. The minimum Gasteiger partial charge on any atom is -0.326 e. The van der Waals surface area contributed by atoms with Crippen LogP contribution < -0.4 is 5.32 Å². The molecule has 0 spiro atoms. The molecule has 124 valence electrons. The fourth-order valence-electron chi connectivity index (χ4n) is 2.04. The first-order chi connectivity index (χ1) is 11.3. The number of carbonyl (C=O) groups is 2. The molecule has 3 nitrogen and oxygen atoms in total. The zero-order valence-corrected chi connectivity index (χ0v) is 12.7. The lowest BCUT2D eigenvalue weighted by molar-refractivity contribution is -0.137. The molecule has 0 aliphatic rings. The number of allylic oxidation sites excluding steroid dienone is 1. The lowest BCUT2D eigenvalue weighted by Gasteiger charge is -2.06. The average Bonchev–Trinajstić information content (AvgIpc) is 2.51. The molecule has 2 aromatic rings. The van der Waals surface area contributed by atoms with Crippen LogP contribution in [0.5, 0.6) is 0 Å². The smallest absolute Gasteiger partial charge is 0.326 e. The highest BCUT2D eigenvalue weighted by Crippen LogP contribution is 2.29. The van der Waals surface area contributed by atoms with E-state index < -0.39 is 11.7 Å². The molecule has 24 heavy (non-hydrogen) atoms. The second-order valence-electron chi connectivity index (χ2n) is 5.08. The van der Waals surface area contributed by atoms with Gasteiger partial charge in [0.25, 0.3) is 0 Å². The van der Waals surface area contributed by atoms with Gasteiger partial charge in [0.1, 0.15) is 0 Å². The van der Waals surface area contributed by atoms with Crippen LogP contribution in [0.3, 0.4) is 0 Å². The van der Waals surface area contributed by atoms with E-state index in [-0.39, 0.29) is 17.3 Å². The Bertz CT molecular complexity index is 795. The highest BCUT2D eigenvalue weighted by Gasteiger charge is 2.30. The van der Waals surface area contributed by atoms with E-state index in [2.05, 4.69) is 5.32 Å². The first-order valence-electron chi connectivity index (χ1n) is 7.03. The minimum atomic E-state index is -4.43. The van der Waals surface area contributed by atoms with Gasteiger partial charge >= 0.3 is 6.18 Å². The van der Waals surface area contributed by atoms with Gasteiger partial charge in [0.15, 0.2) is 5.78 Å². The summed E-state index contributed by atoms with van der Waals surface area (Å²) in [6, 6.07) is 11.0. The van der Waals surface area contributed by atoms with Gasteiger partial charge in [0, 0.05) is 18.2 Å². The molecule has 0 radical (unpaired) electrons. The molecule has 2 aromatic carbocycles. The molecular weight excluding hydrogens is 319 g/mol. The van der Waals surface area contributed by atoms with Crippen molar-refractivity contribution < 1.29 is 22.8 Å². The number of benzene rings is 2. The third-order valence-electron chi connectivity index (χ3n) is 3.11. The van der Waals surface area contributed by atoms with Crippen molar-refractivity contribution in [1.29, 1.82) is 0 Å². The Hall–Kier alpha value is -2.89. The van der Waals surface area contributed by atoms with Crippen LogP contribution in [-0.4, -0.2) is 11.7 Å². The second kappa shape index (κ2) is 7.12. The van der Waals surface area contributed by atoms with E-state index in [1.54, 1.807) is 18.2 Å². The van der Waals surface area contributed by atoms with E-state index in [9.17, 15) is 22.8 Å². The fraction of sp³-hybridized carbons (Fsp3) is 0.111. The van der Waals surface area contributed by atoms with Gasteiger partial charge in [-0.15, -0.1) is 0 Å². The lowest BCUT2D eigenvalue weighted by Crippen LogP contribution is -2.06. The normalized spacial score (nSPS) is 11.5. The van der Waals surface area contributed by atoms with Crippen LogP contribution in [0.1, 0.15) is 28.4 Å². The van der Waals surface area contributed by atoms with Crippen molar-refractivity contribution in [2.24, 2.45) is 0 Å². The minimum absolute atomic E-state index is 0.265. The molecule has 1 amide bonds. The number of amides is 1. The molecule has 0 aliphatic carbocycles. The number of hydrogen-bond acceptors (Lipinski definition) is 2. The third kappa shape index (κ3) is 4.81. The number of hydrogen-bond donors (Lipinski definition) is 1. The maximum Gasteiger partial charge on any atom is 0.416 e. The van der Waals surface area contributed by atoms with Crippen LogP contribution in [0.25, 0.3) is 6.08 Å². The van der Waals surface area contributed by atoms with Gasteiger partial charge in [-0.25, -0.2) is 0 Å². The summed E-state index contributed by atoms with van der Waals surface area (Å²) in [7, 11) is 0. The fourth-order valence-corrected chi connectivity index (χ4v) is 2.04. The van der Waals surface area contributed by atoms with E-state index in [1.165, 1.54) is 37.3 Å². The lowest BCUT2D eigenvalue weighted by atomic mass is 10.1. The average molecular weight is 333 g/mol. The number of anilines is 1. The zero-order chi connectivity index (χ0) is 17.7. The first-order valence-corrected chi connectivity index (χ1v) is 7.03. The largest absolute Gasteiger partial charge is 0.416 e. The van der Waals surface area contributed by atoms with Crippen LogP contribution in [-0.2, 0) is 11.0 Å². The molecule has 6 heteroatoms. The van der Waals surface area contributed by atoms with Gasteiger partial charge < -0.3 is 5.32 Å². The highest BCUT2D eigenvalue weighted by molar-refractivity contribution is 6.07. The van der Waals surface area contributed by atoms with Crippen molar-refractivity contribution in [2.45, 2.75) is 13.1 Å². The van der Waals surface area contributed by atoms with Crippen molar-refractivity contribution in [1.82, 2.24) is 0 Å². The molecule has 2 rings (SSSR count). The molecule has 0 aliphatic heterocycles. The Balaban J connectivity index is 2.17. The van der Waals surface area contributed by atoms with E-state index in [4.69, 9.17) is 0 Å². The van der Waals surface area contributed by atoms with Gasteiger partial charge in [0.2, 0.25) is 5.91 Å². The van der Waals surface area contributed by atoms with Crippen molar-refractivity contribution in [3.63, 3.8) is 0 Å². The topological polar surface area (TPSA) is 46.2 Å².